The van der Waals surface area contributed by atoms with Gasteiger partial charge in [-0.3, -0.25) is 4.79 Å². The number of carboxylic acids is 2. The van der Waals surface area contributed by atoms with Crippen molar-refractivity contribution in [3.63, 3.8) is 0 Å². The van der Waals surface area contributed by atoms with Gasteiger partial charge in [-0.05, 0) is 0 Å². The molecule has 2 unspecified atom stereocenters. The van der Waals surface area contributed by atoms with Crippen molar-refractivity contribution in [2.75, 3.05) is 0 Å². The first-order valence-corrected chi connectivity index (χ1v) is 3.87. The number of carboxylic acid groups (broad SMARTS) is 2. The number of allylic oxidation sites excluding steroid dienone is 2. The van der Waals surface area contributed by atoms with Crippen molar-refractivity contribution in [2.24, 2.45) is 5.92 Å². The summed E-state index contributed by atoms with van der Waals surface area (Å²) in [5.74, 6) is -3.84. The fourth-order valence-corrected chi connectivity index (χ4v) is 1.32. The highest BCUT2D eigenvalue weighted by atomic mass is 35.5. The van der Waals surface area contributed by atoms with Crippen molar-refractivity contribution in [1.82, 2.24) is 0 Å². The molecule has 0 aromatic heterocycles. The van der Waals surface area contributed by atoms with Gasteiger partial charge in [0.1, 0.15) is 5.92 Å². The van der Waals surface area contributed by atoms with Crippen molar-refractivity contribution >= 4 is 23.5 Å². The van der Waals surface area contributed by atoms with Gasteiger partial charge >= 0.3 is 11.9 Å². The van der Waals surface area contributed by atoms with Crippen LogP contribution in [-0.2, 0) is 9.59 Å². The molecule has 1 aliphatic carbocycles. The van der Waals surface area contributed by atoms with Crippen LogP contribution in [0.5, 0.6) is 0 Å². The summed E-state index contributed by atoms with van der Waals surface area (Å²) in [7, 11) is 0. The molecule has 1 rings (SSSR count). The van der Waals surface area contributed by atoms with Crippen LogP contribution in [0, 0.1) is 5.92 Å². The van der Waals surface area contributed by atoms with Gasteiger partial charge in [-0.25, -0.2) is 4.79 Å². The van der Waals surface area contributed by atoms with E-state index in [9.17, 15) is 9.59 Å². The molecule has 0 saturated heterocycles. The maximum absolute atomic E-state index is 10.7. The zero-order valence-corrected chi connectivity index (χ0v) is 7.23. The Kier molecular flexibility index (Phi) is 2.43. The monoisotopic (exact) mass is 202 g/mol. The lowest BCUT2D eigenvalue weighted by atomic mass is 9.88. The topological polar surface area (TPSA) is 74.6 Å². The van der Waals surface area contributed by atoms with Gasteiger partial charge < -0.3 is 10.2 Å². The summed E-state index contributed by atoms with van der Waals surface area (Å²) in [6, 6.07) is 0. The van der Waals surface area contributed by atoms with Crippen LogP contribution < -0.4 is 0 Å². The van der Waals surface area contributed by atoms with E-state index >= 15 is 0 Å². The Morgan fingerprint density at radius 2 is 1.92 bits per heavy atom. The Morgan fingerprint density at radius 1 is 1.31 bits per heavy atom. The molecule has 0 aliphatic heterocycles. The second-order valence-electron chi connectivity index (χ2n) is 2.63. The van der Waals surface area contributed by atoms with Crippen molar-refractivity contribution in [3.8, 4) is 0 Å². The zero-order chi connectivity index (χ0) is 10.1. The molecule has 0 fully saturated rings. The molecule has 0 saturated carbocycles. The molecular formula is C8H7ClO4. The van der Waals surface area contributed by atoms with Gasteiger partial charge in [-0.1, -0.05) is 24.3 Å². The smallest absolute Gasteiger partial charge is 0.329 e. The van der Waals surface area contributed by atoms with Crippen molar-refractivity contribution < 1.29 is 19.8 Å². The summed E-state index contributed by atoms with van der Waals surface area (Å²) in [5.41, 5.74) is 0. The molecule has 0 aromatic rings. The SMILES string of the molecule is O=C(O)C1C=CC=CC1(Cl)C(=O)O. The largest absolute Gasteiger partial charge is 0.481 e. The lowest BCUT2D eigenvalue weighted by molar-refractivity contribution is -0.148. The third-order valence-corrected chi connectivity index (χ3v) is 2.32. The molecule has 4 nitrogen and oxygen atoms in total. The highest BCUT2D eigenvalue weighted by molar-refractivity contribution is 6.37. The molecule has 1 aliphatic rings. The van der Waals surface area contributed by atoms with E-state index in [1.54, 1.807) is 0 Å². The number of hydrogen-bond donors (Lipinski definition) is 2. The second kappa shape index (κ2) is 3.22. The number of alkyl halides is 1. The normalized spacial score (nSPS) is 31.6. The fourth-order valence-electron chi connectivity index (χ4n) is 1.08. The molecule has 13 heavy (non-hydrogen) atoms. The van der Waals surface area contributed by atoms with Crippen LogP contribution in [-0.4, -0.2) is 27.0 Å². The standard InChI is InChI=1S/C8H7ClO4/c9-8(7(12)13)4-2-1-3-5(8)6(10)11/h1-5H,(H,10,11)(H,12,13). The van der Waals surface area contributed by atoms with E-state index in [4.69, 9.17) is 21.8 Å². The predicted octanol–water partition coefficient (Wildman–Crippen LogP) is 0.875. The van der Waals surface area contributed by atoms with E-state index in [1.807, 2.05) is 0 Å². The van der Waals surface area contributed by atoms with Crippen LogP contribution in [0.15, 0.2) is 24.3 Å². The first-order chi connectivity index (χ1) is 5.98. The third-order valence-electron chi connectivity index (χ3n) is 1.80. The zero-order valence-electron chi connectivity index (χ0n) is 6.48. The lowest BCUT2D eigenvalue weighted by Gasteiger charge is -2.25. The molecule has 2 N–H and O–H groups in total. The van der Waals surface area contributed by atoms with E-state index in [0.29, 0.717) is 0 Å². The van der Waals surface area contributed by atoms with Crippen molar-refractivity contribution in [1.29, 1.82) is 0 Å². The minimum absolute atomic E-state index is 1.16. The first kappa shape index (κ1) is 9.80. The molecule has 0 aromatic carbocycles. The summed E-state index contributed by atoms with van der Waals surface area (Å²) < 4.78 is 0. The van der Waals surface area contributed by atoms with Gasteiger partial charge in [-0.2, -0.15) is 0 Å². The van der Waals surface area contributed by atoms with Crippen molar-refractivity contribution in [2.45, 2.75) is 4.87 Å². The summed E-state index contributed by atoms with van der Waals surface area (Å²) in [6.45, 7) is 0. The Bertz CT molecular complexity index is 307. The van der Waals surface area contributed by atoms with Crippen LogP contribution in [0.25, 0.3) is 0 Å². The van der Waals surface area contributed by atoms with Gasteiger partial charge in [-0.15, -0.1) is 11.6 Å². The molecule has 0 heterocycles. The maximum Gasteiger partial charge on any atom is 0.329 e. The molecule has 70 valence electrons. The predicted molar refractivity (Wildman–Crippen MR) is 45.6 cm³/mol. The Balaban J connectivity index is 3.07. The van der Waals surface area contributed by atoms with Crippen LogP contribution in [0.2, 0.25) is 0 Å². The highest BCUT2D eigenvalue weighted by Gasteiger charge is 2.45. The van der Waals surface area contributed by atoms with Gasteiger partial charge in [0, 0.05) is 0 Å². The maximum atomic E-state index is 10.7. The molecule has 5 heteroatoms. The van der Waals surface area contributed by atoms with E-state index in [1.165, 1.54) is 18.2 Å². The molecule has 0 spiro atoms. The fraction of sp³-hybridized carbons (Fsp3) is 0.250. The Morgan fingerprint density at radius 3 is 2.31 bits per heavy atom. The number of hydrogen-bond acceptors (Lipinski definition) is 2. The van der Waals surface area contributed by atoms with Gasteiger partial charge in [0.2, 0.25) is 0 Å². The van der Waals surface area contributed by atoms with Crippen LogP contribution in [0.3, 0.4) is 0 Å². The molecule has 0 radical (unpaired) electrons. The average molecular weight is 203 g/mol. The minimum Gasteiger partial charge on any atom is -0.481 e. The number of rotatable bonds is 2. The van der Waals surface area contributed by atoms with Crippen molar-refractivity contribution in [3.05, 3.63) is 24.3 Å². The number of carbonyl (C=O) groups is 2. The summed E-state index contributed by atoms with van der Waals surface area (Å²) in [4.78, 5) is 19.5. The average Bonchev–Trinajstić information content (AvgIpc) is 2.04. The highest BCUT2D eigenvalue weighted by Crippen LogP contribution is 2.31. The molecule has 0 amide bonds. The van der Waals surface area contributed by atoms with Gasteiger partial charge in [0.05, 0.1) is 0 Å². The Hall–Kier alpha value is -1.29. The van der Waals surface area contributed by atoms with E-state index in [0.717, 1.165) is 6.08 Å². The van der Waals surface area contributed by atoms with Crippen LogP contribution in [0.1, 0.15) is 0 Å². The third kappa shape index (κ3) is 1.58. The number of aliphatic carboxylic acids is 2. The minimum atomic E-state index is -1.86. The Labute approximate surface area is 79.1 Å². The molecule has 0 bridgehead atoms. The summed E-state index contributed by atoms with van der Waals surface area (Å²) in [6.07, 6.45) is 5.29. The van der Waals surface area contributed by atoms with E-state index in [-0.39, 0.29) is 0 Å². The second-order valence-corrected chi connectivity index (χ2v) is 3.26. The summed E-state index contributed by atoms with van der Waals surface area (Å²) >= 11 is 5.65. The molecular weight excluding hydrogens is 196 g/mol. The quantitative estimate of drug-likeness (QED) is 0.652. The lowest BCUT2D eigenvalue weighted by Crippen LogP contribution is -2.42. The first-order valence-electron chi connectivity index (χ1n) is 3.49. The molecule has 2 atom stereocenters. The summed E-state index contributed by atoms with van der Waals surface area (Å²) in [5, 5.41) is 17.4. The van der Waals surface area contributed by atoms with Crippen LogP contribution in [0.4, 0.5) is 0 Å². The van der Waals surface area contributed by atoms with Gasteiger partial charge in [0.25, 0.3) is 0 Å². The van der Waals surface area contributed by atoms with E-state index < -0.39 is 22.7 Å². The van der Waals surface area contributed by atoms with Gasteiger partial charge in [0.15, 0.2) is 4.87 Å². The number of halogens is 1. The van der Waals surface area contributed by atoms with E-state index in [2.05, 4.69) is 0 Å². The van der Waals surface area contributed by atoms with Crippen LogP contribution >= 0.6 is 11.6 Å².